The molecular formula is C16H15BrO. The molecule has 0 saturated carbocycles. The Hall–Kier alpha value is -1.38. The molecule has 0 saturated heterocycles. The van der Waals surface area contributed by atoms with Gasteiger partial charge in [0.25, 0.3) is 0 Å². The molecule has 0 fully saturated rings. The number of hydrogen-bond donors (Lipinski definition) is 1. The SMILES string of the molecule is OCC=CCc1ccc(-c2ccc(Br)cc2)cc1. The van der Waals surface area contributed by atoms with Crippen molar-refractivity contribution in [1.29, 1.82) is 0 Å². The summed E-state index contributed by atoms with van der Waals surface area (Å²) in [6.07, 6.45) is 4.61. The Morgan fingerprint density at radius 2 is 1.39 bits per heavy atom. The van der Waals surface area contributed by atoms with Crippen molar-refractivity contribution in [3.05, 3.63) is 70.7 Å². The Labute approximate surface area is 116 Å². The first-order valence-electron chi connectivity index (χ1n) is 5.90. The first-order chi connectivity index (χ1) is 8.79. The maximum absolute atomic E-state index is 8.67. The molecule has 2 rings (SSSR count). The van der Waals surface area contributed by atoms with Crippen molar-refractivity contribution < 1.29 is 5.11 Å². The maximum Gasteiger partial charge on any atom is 0.0612 e. The Bertz CT molecular complexity index is 512. The lowest BCUT2D eigenvalue weighted by molar-refractivity contribution is 0.342. The molecule has 0 spiro atoms. The van der Waals surface area contributed by atoms with Gasteiger partial charge in [0.2, 0.25) is 0 Å². The van der Waals surface area contributed by atoms with Gasteiger partial charge >= 0.3 is 0 Å². The first kappa shape index (κ1) is 13.1. The summed E-state index contributed by atoms with van der Waals surface area (Å²) in [4.78, 5) is 0. The zero-order valence-electron chi connectivity index (χ0n) is 10.0. The average Bonchev–Trinajstić information content (AvgIpc) is 2.41. The second-order valence-corrected chi connectivity index (χ2v) is 4.98. The highest BCUT2D eigenvalue weighted by Crippen LogP contribution is 2.22. The van der Waals surface area contributed by atoms with E-state index in [0.717, 1.165) is 10.9 Å². The van der Waals surface area contributed by atoms with Gasteiger partial charge in [-0.15, -0.1) is 0 Å². The van der Waals surface area contributed by atoms with Crippen LogP contribution in [-0.4, -0.2) is 11.7 Å². The number of benzene rings is 2. The van der Waals surface area contributed by atoms with Crippen LogP contribution in [0.2, 0.25) is 0 Å². The Morgan fingerprint density at radius 1 is 0.833 bits per heavy atom. The summed E-state index contributed by atoms with van der Waals surface area (Å²) in [5.74, 6) is 0. The van der Waals surface area contributed by atoms with Gasteiger partial charge in [-0.3, -0.25) is 0 Å². The van der Waals surface area contributed by atoms with E-state index in [1.807, 2.05) is 18.2 Å². The van der Waals surface area contributed by atoms with E-state index in [1.165, 1.54) is 16.7 Å². The molecule has 2 aromatic rings. The van der Waals surface area contributed by atoms with Crippen molar-refractivity contribution in [3.63, 3.8) is 0 Å². The zero-order valence-corrected chi connectivity index (χ0v) is 11.6. The van der Waals surface area contributed by atoms with Gasteiger partial charge in [0.15, 0.2) is 0 Å². The number of aliphatic hydroxyl groups excluding tert-OH is 1. The van der Waals surface area contributed by atoms with Crippen molar-refractivity contribution in [2.24, 2.45) is 0 Å². The summed E-state index contributed by atoms with van der Waals surface area (Å²) >= 11 is 3.44. The first-order valence-corrected chi connectivity index (χ1v) is 6.69. The fourth-order valence-corrected chi connectivity index (χ4v) is 2.03. The molecule has 0 atom stereocenters. The summed E-state index contributed by atoms with van der Waals surface area (Å²) in [5.41, 5.74) is 3.69. The van der Waals surface area contributed by atoms with Gasteiger partial charge in [0.1, 0.15) is 0 Å². The molecule has 0 aliphatic rings. The molecule has 0 heterocycles. The van der Waals surface area contributed by atoms with Crippen LogP contribution in [0.5, 0.6) is 0 Å². The van der Waals surface area contributed by atoms with Crippen LogP contribution in [0.3, 0.4) is 0 Å². The molecule has 0 radical (unpaired) electrons. The van der Waals surface area contributed by atoms with Crippen molar-refractivity contribution in [3.8, 4) is 11.1 Å². The Kier molecular flexibility index (Phi) is 4.73. The Balaban J connectivity index is 2.12. The van der Waals surface area contributed by atoms with E-state index in [2.05, 4.69) is 52.3 Å². The number of hydrogen-bond acceptors (Lipinski definition) is 1. The fraction of sp³-hybridized carbons (Fsp3) is 0.125. The van der Waals surface area contributed by atoms with Gasteiger partial charge in [0, 0.05) is 4.47 Å². The highest BCUT2D eigenvalue weighted by atomic mass is 79.9. The molecule has 2 aromatic carbocycles. The maximum atomic E-state index is 8.67. The van der Waals surface area contributed by atoms with Crippen LogP contribution >= 0.6 is 15.9 Å². The number of rotatable bonds is 4. The lowest BCUT2D eigenvalue weighted by Crippen LogP contribution is -1.83. The van der Waals surface area contributed by atoms with E-state index in [9.17, 15) is 0 Å². The standard InChI is InChI=1S/C16H15BrO/c17-16-10-8-15(9-11-16)14-6-4-13(5-7-14)3-1-2-12-18/h1-2,4-11,18H,3,12H2. The third-order valence-electron chi connectivity index (χ3n) is 2.76. The summed E-state index contributed by atoms with van der Waals surface area (Å²) in [6, 6.07) is 16.8. The normalized spacial score (nSPS) is 11.0. The van der Waals surface area contributed by atoms with Gasteiger partial charge in [-0.05, 0) is 35.2 Å². The van der Waals surface area contributed by atoms with Crippen molar-refractivity contribution in [1.82, 2.24) is 0 Å². The summed E-state index contributed by atoms with van der Waals surface area (Å²) < 4.78 is 1.09. The topological polar surface area (TPSA) is 20.2 Å². The largest absolute Gasteiger partial charge is 0.392 e. The van der Waals surface area contributed by atoms with Crippen LogP contribution in [0.4, 0.5) is 0 Å². The van der Waals surface area contributed by atoms with E-state index in [1.54, 1.807) is 6.08 Å². The van der Waals surface area contributed by atoms with Crippen LogP contribution in [0.15, 0.2) is 65.2 Å². The average molecular weight is 303 g/mol. The van der Waals surface area contributed by atoms with Gasteiger partial charge in [-0.2, -0.15) is 0 Å². The molecule has 0 unspecified atom stereocenters. The quantitative estimate of drug-likeness (QED) is 0.839. The highest BCUT2D eigenvalue weighted by molar-refractivity contribution is 9.10. The molecule has 0 bridgehead atoms. The molecule has 0 aliphatic heterocycles. The second-order valence-electron chi connectivity index (χ2n) is 4.06. The highest BCUT2D eigenvalue weighted by Gasteiger charge is 1.97. The van der Waals surface area contributed by atoms with E-state index < -0.39 is 0 Å². The third kappa shape index (κ3) is 3.56. The van der Waals surface area contributed by atoms with Gasteiger partial charge in [-0.25, -0.2) is 0 Å². The second kappa shape index (κ2) is 6.53. The fourth-order valence-electron chi connectivity index (χ4n) is 1.77. The molecule has 18 heavy (non-hydrogen) atoms. The molecule has 0 aliphatic carbocycles. The lowest BCUT2D eigenvalue weighted by Gasteiger charge is -2.03. The summed E-state index contributed by atoms with van der Waals surface area (Å²) in [5, 5.41) is 8.67. The summed E-state index contributed by atoms with van der Waals surface area (Å²) in [6.45, 7) is 0.108. The van der Waals surface area contributed by atoms with E-state index in [0.29, 0.717) is 0 Å². The van der Waals surface area contributed by atoms with Gasteiger partial charge < -0.3 is 5.11 Å². The minimum absolute atomic E-state index is 0.108. The number of halogens is 1. The summed E-state index contributed by atoms with van der Waals surface area (Å²) in [7, 11) is 0. The zero-order chi connectivity index (χ0) is 12.8. The molecule has 0 amide bonds. The van der Waals surface area contributed by atoms with Gasteiger partial charge in [-0.1, -0.05) is 64.5 Å². The molecule has 0 aromatic heterocycles. The van der Waals surface area contributed by atoms with Crippen LogP contribution in [0.1, 0.15) is 5.56 Å². The van der Waals surface area contributed by atoms with E-state index in [-0.39, 0.29) is 6.61 Å². The predicted molar refractivity (Wildman–Crippen MR) is 79.5 cm³/mol. The van der Waals surface area contributed by atoms with Crippen LogP contribution in [0.25, 0.3) is 11.1 Å². The van der Waals surface area contributed by atoms with E-state index in [4.69, 9.17) is 5.11 Å². The minimum atomic E-state index is 0.108. The van der Waals surface area contributed by atoms with Crippen LogP contribution < -0.4 is 0 Å². The smallest absolute Gasteiger partial charge is 0.0612 e. The number of aliphatic hydroxyl groups is 1. The lowest BCUT2D eigenvalue weighted by atomic mass is 10.0. The van der Waals surface area contributed by atoms with Crippen LogP contribution in [-0.2, 0) is 6.42 Å². The van der Waals surface area contributed by atoms with Crippen LogP contribution in [0, 0.1) is 0 Å². The van der Waals surface area contributed by atoms with Gasteiger partial charge in [0.05, 0.1) is 6.61 Å². The molecule has 92 valence electrons. The Morgan fingerprint density at radius 3 is 1.94 bits per heavy atom. The molecule has 2 heteroatoms. The van der Waals surface area contributed by atoms with Crippen molar-refractivity contribution in [2.75, 3.05) is 6.61 Å². The van der Waals surface area contributed by atoms with E-state index >= 15 is 0 Å². The molecular weight excluding hydrogens is 288 g/mol. The van der Waals surface area contributed by atoms with Crippen molar-refractivity contribution in [2.45, 2.75) is 6.42 Å². The minimum Gasteiger partial charge on any atom is -0.392 e. The molecule has 1 N–H and O–H groups in total. The predicted octanol–water partition coefficient (Wildman–Crippen LogP) is 4.21. The third-order valence-corrected chi connectivity index (χ3v) is 3.29. The van der Waals surface area contributed by atoms with Crippen molar-refractivity contribution >= 4 is 15.9 Å². The monoisotopic (exact) mass is 302 g/mol. The molecule has 1 nitrogen and oxygen atoms in total. The number of allylic oxidation sites excluding steroid dienone is 1.